The van der Waals surface area contributed by atoms with E-state index >= 15 is 0 Å². The number of rotatable bonds is 9. The van der Waals surface area contributed by atoms with E-state index in [9.17, 15) is 23.2 Å². The second-order valence-electron chi connectivity index (χ2n) is 7.15. The molecule has 0 saturated heterocycles. The molecule has 0 bridgehead atoms. The summed E-state index contributed by atoms with van der Waals surface area (Å²) < 4.78 is 39.9. The van der Waals surface area contributed by atoms with Crippen molar-refractivity contribution >= 4 is 5.91 Å². The highest BCUT2D eigenvalue weighted by atomic mass is 19.4. The molecule has 0 fully saturated rings. The van der Waals surface area contributed by atoms with Crippen LogP contribution in [0.1, 0.15) is 55.2 Å². The van der Waals surface area contributed by atoms with Crippen molar-refractivity contribution < 1.29 is 18.0 Å². The number of halogens is 3. The van der Waals surface area contributed by atoms with Crippen molar-refractivity contribution in [2.24, 2.45) is 0 Å². The predicted molar refractivity (Wildman–Crippen MR) is 109 cm³/mol. The zero-order valence-electron chi connectivity index (χ0n) is 17.5. The summed E-state index contributed by atoms with van der Waals surface area (Å²) in [6.45, 7) is 9.00. The number of alkyl halides is 3. The van der Waals surface area contributed by atoms with Gasteiger partial charge in [0.1, 0.15) is 11.8 Å². The highest BCUT2D eigenvalue weighted by Crippen LogP contribution is 2.30. The van der Waals surface area contributed by atoms with E-state index < -0.39 is 17.6 Å². The summed E-state index contributed by atoms with van der Waals surface area (Å²) >= 11 is 0. The van der Waals surface area contributed by atoms with Crippen molar-refractivity contribution in [3.63, 3.8) is 0 Å². The Kier molecular flexibility index (Phi) is 8.07. The maximum Gasteiger partial charge on any atom is 0.416 e. The Bertz CT molecular complexity index is 877. The minimum atomic E-state index is -4.44. The molecular formula is C22H27F3N4O. The van der Waals surface area contributed by atoms with Crippen LogP contribution >= 0.6 is 0 Å². The molecule has 162 valence electrons. The molecule has 2 rings (SSSR count). The van der Waals surface area contributed by atoms with Crippen LogP contribution in [0, 0.1) is 11.3 Å². The first-order chi connectivity index (χ1) is 14.2. The van der Waals surface area contributed by atoms with Crippen molar-refractivity contribution in [3.05, 3.63) is 53.3 Å². The Labute approximate surface area is 175 Å². The number of nitrogens with zero attached hydrogens (tertiary/aromatic N) is 3. The molecule has 1 aromatic heterocycles. The van der Waals surface area contributed by atoms with Gasteiger partial charge in [0.05, 0.1) is 11.1 Å². The lowest BCUT2D eigenvalue weighted by Gasteiger charge is -2.20. The van der Waals surface area contributed by atoms with Crippen LogP contribution in [0.15, 0.2) is 36.5 Å². The predicted octanol–water partition coefficient (Wildman–Crippen LogP) is 4.61. The Morgan fingerprint density at radius 3 is 2.37 bits per heavy atom. The SMILES string of the molecule is CCN(CC)CCC[C@H](C)NC(=O)c1c(C#N)ccn1-c1ccc(C(F)(F)F)cc1. The molecule has 0 radical (unpaired) electrons. The normalized spacial score (nSPS) is 12.6. The van der Waals surface area contributed by atoms with Gasteiger partial charge in [0, 0.05) is 17.9 Å². The zero-order valence-corrected chi connectivity index (χ0v) is 17.5. The number of hydrogen-bond acceptors (Lipinski definition) is 3. The molecule has 0 aliphatic rings. The fraction of sp³-hybridized carbons (Fsp3) is 0.455. The van der Waals surface area contributed by atoms with Gasteiger partial charge < -0.3 is 14.8 Å². The van der Waals surface area contributed by atoms with Crippen molar-refractivity contribution in [2.45, 2.75) is 45.8 Å². The molecule has 5 nitrogen and oxygen atoms in total. The standard InChI is InChI=1S/C22H27F3N4O/c1-4-28(5-2)13-6-7-16(3)27-21(30)20-17(15-26)12-14-29(20)19-10-8-18(9-11-19)22(23,24)25/h8-12,14,16H,4-7,13H2,1-3H3,(H,27,30)/t16-/m0/s1. The molecule has 1 N–H and O–H groups in total. The number of hydrogen-bond donors (Lipinski definition) is 1. The van der Waals surface area contributed by atoms with E-state index in [1.165, 1.54) is 29.0 Å². The molecule has 0 aliphatic heterocycles. The van der Waals surface area contributed by atoms with Gasteiger partial charge in [-0.15, -0.1) is 0 Å². The summed E-state index contributed by atoms with van der Waals surface area (Å²) in [5.74, 6) is -0.424. The molecule has 2 aromatic rings. The van der Waals surface area contributed by atoms with Crippen molar-refractivity contribution in [1.82, 2.24) is 14.8 Å². The molecule has 1 heterocycles. The maximum absolute atomic E-state index is 12.9. The molecule has 30 heavy (non-hydrogen) atoms. The molecule has 0 unspecified atom stereocenters. The maximum atomic E-state index is 12.9. The van der Waals surface area contributed by atoms with Crippen LogP contribution in [-0.2, 0) is 6.18 Å². The second kappa shape index (κ2) is 10.3. The van der Waals surface area contributed by atoms with E-state index in [1.807, 2.05) is 13.0 Å². The lowest BCUT2D eigenvalue weighted by Crippen LogP contribution is -2.35. The summed E-state index contributed by atoms with van der Waals surface area (Å²) in [7, 11) is 0. The number of carbonyl (C=O) groups excluding carboxylic acids is 1. The molecule has 1 amide bonds. The Morgan fingerprint density at radius 2 is 1.83 bits per heavy atom. The Hall–Kier alpha value is -2.79. The van der Waals surface area contributed by atoms with E-state index in [4.69, 9.17) is 0 Å². The van der Waals surface area contributed by atoms with Gasteiger partial charge in [0.25, 0.3) is 5.91 Å². The summed E-state index contributed by atoms with van der Waals surface area (Å²) in [5.41, 5.74) is -0.105. The Balaban J connectivity index is 2.14. The van der Waals surface area contributed by atoms with Gasteiger partial charge in [-0.2, -0.15) is 18.4 Å². The van der Waals surface area contributed by atoms with Crippen LogP contribution in [0.3, 0.4) is 0 Å². The number of amides is 1. The minimum absolute atomic E-state index is 0.101. The van der Waals surface area contributed by atoms with E-state index in [0.717, 1.165) is 44.6 Å². The summed E-state index contributed by atoms with van der Waals surface area (Å²) in [5, 5.41) is 12.3. The van der Waals surface area contributed by atoms with Gasteiger partial charge in [-0.25, -0.2) is 0 Å². The number of nitriles is 1. The quantitative estimate of drug-likeness (QED) is 0.645. The number of nitrogens with one attached hydrogen (secondary N) is 1. The number of benzene rings is 1. The van der Waals surface area contributed by atoms with Crippen LogP contribution in [0.2, 0.25) is 0 Å². The van der Waals surface area contributed by atoms with E-state index in [0.29, 0.717) is 5.69 Å². The molecule has 0 spiro atoms. The third-order valence-electron chi connectivity index (χ3n) is 5.08. The third kappa shape index (κ3) is 5.86. The molecular weight excluding hydrogens is 393 g/mol. The third-order valence-corrected chi connectivity index (χ3v) is 5.08. The molecule has 1 aromatic carbocycles. The van der Waals surface area contributed by atoms with Crippen LogP contribution in [0.5, 0.6) is 0 Å². The first-order valence-electron chi connectivity index (χ1n) is 10.0. The first-order valence-corrected chi connectivity index (χ1v) is 10.0. The van der Waals surface area contributed by atoms with Crippen molar-refractivity contribution in [3.8, 4) is 11.8 Å². The number of aromatic nitrogens is 1. The van der Waals surface area contributed by atoms with Crippen LogP contribution in [-0.4, -0.2) is 41.1 Å². The summed E-state index contributed by atoms with van der Waals surface area (Å²) in [6.07, 6.45) is -1.21. The highest BCUT2D eigenvalue weighted by Gasteiger charge is 2.30. The van der Waals surface area contributed by atoms with E-state index in [2.05, 4.69) is 24.1 Å². The highest BCUT2D eigenvalue weighted by molar-refractivity contribution is 5.96. The first kappa shape index (κ1) is 23.5. The lowest BCUT2D eigenvalue weighted by molar-refractivity contribution is -0.137. The summed E-state index contributed by atoms with van der Waals surface area (Å²) in [4.78, 5) is 15.2. The fourth-order valence-corrected chi connectivity index (χ4v) is 3.31. The second-order valence-corrected chi connectivity index (χ2v) is 7.15. The van der Waals surface area contributed by atoms with Gasteiger partial charge in [-0.05, 0) is 69.7 Å². The molecule has 0 saturated carbocycles. The minimum Gasteiger partial charge on any atom is -0.348 e. The van der Waals surface area contributed by atoms with E-state index in [1.54, 1.807) is 0 Å². The molecule has 1 atom stereocenters. The monoisotopic (exact) mass is 420 g/mol. The molecule has 8 heteroatoms. The fourth-order valence-electron chi connectivity index (χ4n) is 3.31. The van der Waals surface area contributed by atoms with Gasteiger partial charge in [0.15, 0.2) is 0 Å². The van der Waals surface area contributed by atoms with Gasteiger partial charge in [0.2, 0.25) is 0 Å². The lowest BCUT2D eigenvalue weighted by atomic mass is 10.1. The van der Waals surface area contributed by atoms with E-state index in [-0.39, 0.29) is 17.3 Å². The Morgan fingerprint density at radius 1 is 1.20 bits per heavy atom. The average Bonchev–Trinajstić information content (AvgIpc) is 3.15. The number of carbonyl (C=O) groups is 1. The topological polar surface area (TPSA) is 61.1 Å². The van der Waals surface area contributed by atoms with Gasteiger partial charge >= 0.3 is 6.18 Å². The van der Waals surface area contributed by atoms with Crippen LogP contribution in [0.4, 0.5) is 13.2 Å². The average molecular weight is 420 g/mol. The summed E-state index contributed by atoms with van der Waals surface area (Å²) in [6, 6.07) is 7.85. The van der Waals surface area contributed by atoms with Gasteiger partial charge in [-0.1, -0.05) is 13.8 Å². The largest absolute Gasteiger partial charge is 0.416 e. The zero-order chi connectivity index (χ0) is 22.3. The van der Waals surface area contributed by atoms with Crippen LogP contribution < -0.4 is 5.32 Å². The molecule has 0 aliphatic carbocycles. The van der Waals surface area contributed by atoms with Gasteiger partial charge in [-0.3, -0.25) is 4.79 Å². The van der Waals surface area contributed by atoms with Crippen molar-refractivity contribution in [1.29, 1.82) is 5.26 Å². The van der Waals surface area contributed by atoms with Crippen LogP contribution in [0.25, 0.3) is 5.69 Å². The van der Waals surface area contributed by atoms with Crippen molar-refractivity contribution in [2.75, 3.05) is 19.6 Å². The smallest absolute Gasteiger partial charge is 0.348 e.